The van der Waals surface area contributed by atoms with Crippen LogP contribution in [0.15, 0.2) is 24.3 Å². The molecular formula is C15H22ClNO3S. The van der Waals surface area contributed by atoms with Crippen molar-refractivity contribution in [2.45, 2.75) is 12.3 Å². The van der Waals surface area contributed by atoms with E-state index >= 15 is 0 Å². The van der Waals surface area contributed by atoms with E-state index in [-0.39, 0.29) is 17.6 Å². The van der Waals surface area contributed by atoms with Gasteiger partial charge in [0.05, 0.1) is 18.1 Å². The van der Waals surface area contributed by atoms with E-state index in [4.69, 9.17) is 16.3 Å². The van der Waals surface area contributed by atoms with Gasteiger partial charge in [-0.15, -0.1) is 0 Å². The van der Waals surface area contributed by atoms with E-state index in [0.29, 0.717) is 17.4 Å². The highest BCUT2D eigenvalue weighted by Crippen LogP contribution is 2.33. The molecule has 6 heteroatoms. The Hall–Kier alpha value is -0.620. The van der Waals surface area contributed by atoms with Crippen LogP contribution in [0.4, 0.5) is 0 Å². The average molecular weight is 332 g/mol. The van der Waals surface area contributed by atoms with E-state index in [1.54, 1.807) is 7.11 Å². The molecule has 0 radical (unpaired) electrons. The summed E-state index contributed by atoms with van der Waals surface area (Å²) in [7, 11) is -1.21. The van der Waals surface area contributed by atoms with Crippen molar-refractivity contribution in [1.29, 1.82) is 0 Å². The molecule has 118 valence electrons. The summed E-state index contributed by atoms with van der Waals surface area (Å²) in [6, 6.07) is 7.73. The second kappa shape index (κ2) is 7.58. The largest absolute Gasteiger partial charge is 0.383 e. The van der Waals surface area contributed by atoms with E-state index < -0.39 is 9.84 Å². The number of sulfone groups is 1. The fourth-order valence-electron chi connectivity index (χ4n) is 2.87. The maximum absolute atomic E-state index is 11.8. The Morgan fingerprint density at radius 2 is 2.29 bits per heavy atom. The Morgan fingerprint density at radius 3 is 2.90 bits per heavy atom. The van der Waals surface area contributed by atoms with Crippen molar-refractivity contribution in [3.8, 4) is 0 Å². The van der Waals surface area contributed by atoms with Gasteiger partial charge in [-0.3, -0.25) is 0 Å². The summed E-state index contributed by atoms with van der Waals surface area (Å²) < 4.78 is 28.5. The number of rotatable bonds is 7. The van der Waals surface area contributed by atoms with Gasteiger partial charge in [0, 0.05) is 31.1 Å². The van der Waals surface area contributed by atoms with Gasteiger partial charge in [-0.1, -0.05) is 23.7 Å². The summed E-state index contributed by atoms with van der Waals surface area (Å²) >= 11 is 6.08. The highest BCUT2D eigenvalue weighted by atomic mass is 35.5. The Morgan fingerprint density at radius 1 is 1.48 bits per heavy atom. The minimum absolute atomic E-state index is 0.156. The van der Waals surface area contributed by atoms with Gasteiger partial charge < -0.3 is 10.1 Å². The van der Waals surface area contributed by atoms with Crippen LogP contribution in [0.1, 0.15) is 17.9 Å². The molecule has 2 atom stereocenters. The summed E-state index contributed by atoms with van der Waals surface area (Å²) in [4.78, 5) is 0. The molecule has 21 heavy (non-hydrogen) atoms. The predicted octanol–water partition coefficient (Wildman–Crippen LogP) is 2.09. The van der Waals surface area contributed by atoms with Crippen LogP contribution in [0.2, 0.25) is 5.02 Å². The minimum atomic E-state index is -2.88. The maximum atomic E-state index is 11.8. The lowest BCUT2D eigenvalue weighted by Gasteiger charge is -2.24. The molecule has 1 aromatic carbocycles. The lowest BCUT2D eigenvalue weighted by atomic mass is 9.85. The van der Waals surface area contributed by atoms with Gasteiger partial charge in [-0.05, 0) is 30.0 Å². The SMILES string of the molecule is COCCNCC(c1cccc(Cl)c1)C1CCS(=O)(=O)C1. The molecule has 2 unspecified atom stereocenters. The third-order valence-electron chi connectivity index (χ3n) is 3.96. The smallest absolute Gasteiger partial charge is 0.150 e. The average Bonchev–Trinajstić information content (AvgIpc) is 2.79. The number of methoxy groups -OCH3 is 1. The number of ether oxygens (including phenoxy) is 1. The van der Waals surface area contributed by atoms with Gasteiger partial charge in [0.2, 0.25) is 0 Å². The van der Waals surface area contributed by atoms with Crippen LogP contribution < -0.4 is 5.32 Å². The molecule has 0 amide bonds. The zero-order valence-electron chi connectivity index (χ0n) is 12.2. The van der Waals surface area contributed by atoms with Crippen molar-refractivity contribution in [2.75, 3.05) is 38.3 Å². The van der Waals surface area contributed by atoms with Crippen LogP contribution >= 0.6 is 11.6 Å². The van der Waals surface area contributed by atoms with Crippen LogP contribution in [0.25, 0.3) is 0 Å². The van der Waals surface area contributed by atoms with E-state index in [2.05, 4.69) is 5.32 Å². The van der Waals surface area contributed by atoms with Crippen LogP contribution in [-0.2, 0) is 14.6 Å². The zero-order chi connectivity index (χ0) is 15.3. The van der Waals surface area contributed by atoms with E-state index in [0.717, 1.165) is 25.1 Å². The van der Waals surface area contributed by atoms with Crippen molar-refractivity contribution in [3.63, 3.8) is 0 Å². The second-order valence-corrected chi connectivity index (χ2v) is 8.19. The van der Waals surface area contributed by atoms with E-state index in [1.165, 1.54) is 0 Å². The Bertz CT molecular complexity index is 562. The summed E-state index contributed by atoms with van der Waals surface area (Å²) in [6.07, 6.45) is 0.728. The van der Waals surface area contributed by atoms with Gasteiger partial charge >= 0.3 is 0 Å². The van der Waals surface area contributed by atoms with Crippen LogP contribution in [0.3, 0.4) is 0 Å². The Labute approximate surface area is 131 Å². The first-order chi connectivity index (χ1) is 10.0. The molecule has 1 saturated heterocycles. The molecule has 1 aliphatic rings. The third kappa shape index (κ3) is 4.95. The molecule has 1 heterocycles. The molecule has 0 saturated carbocycles. The van der Waals surface area contributed by atoms with Crippen LogP contribution in [0, 0.1) is 5.92 Å². The lowest BCUT2D eigenvalue weighted by Crippen LogP contribution is -2.29. The van der Waals surface area contributed by atoms with Crippen LogP contribution in [0.5, 0.6) is 0 Å². The standard InChI is InChI=1S/C15H22ClNO3S/c1-20-7-6-17-10-15(12-3-2-4-14(16)9-12)13-5-8-21(18,19)11-13/h2-4,9,13,15,17H,5-8,10-11H2,1H3. The van der Waals surface area contributed by atoms with Crippen molar-refractivity contribution < 1.29 is 13.2 Å². The Balaban J connectivity index is 2.10. The van der Waals surface area contributed by atoms with Gasteiger partial charge in [-0.25, -0.2) is 8.42 Å². The topological polar surface area (TPSA) is 55.4 Å². The highest BCUT2D eigenvalue weighted by molar-refractivity contribution is 7.91. The number of benzene rings is 1. The number of nitrogens with one attached hydrogen (secondary N) is 1. The summed E-state index contributed by atoms with van der Waals surface area (Å²) in [5.41, 5.74) is 1.11. The van der Waals surface area contributed by atoms with Gasteiger partial charge in [0.1, 0.15) is 0 Å². The quantitative estimate of drug-likeness (QED) is 0.777. The second-order valence-electron chi connectivity index (χ2n) is 5.52. The Kier molecular flexibility index (Phi) is 6.05. The molecule has 0 spiro atoms. The molecule has 1 N–H and O–H groups in total. The summed E-state index contributed by atoms with van der Waals surface area (Å²) in [6.45, 7) is 2.14. The van der Waals surface area contributed by atoms with E-state index in [9.17, 15) is 8.42 Å². The number of hydrogen-bond acceptors (Lipinski definition) is 4. The number of halogens is 1. The first-order valence-electron chi connectivity index (χ1n) is 7.17. The molecule has 1 aromatic rings. The highest BCUT2D eigenvalue weighted by Gasteiger charge is 2.34. The molecule has 0 bridgehead atoms. The van der Waals surface area contributed by atoms with Gasteiger partial charge in [0.25, 0.3) is 0 Å². The molecule has 4 nitrogen and oxygen atoms in total. The molecular weight excluding hydrogens is 310 g/mol. The van der Waals surface area contributed by atoms with Gasteiger partial charge in [-0.2, -0.15) is 0 Å². The number of hydrogen-bond donors (Lipinski definition) is 1. The zero-order valence-corrected chi connectivity index (χ0v) is 13.8. The fourth-order valence-corrected chi connectivity index (χ4v) is 4.95. The molecule has 2 rings (SSSR count). The summed E-state index contributed by atoms with van der Waals surface area (Å²) in [5, 5.41) is 4.04. The van der Waals surface area contributed by atoms with E-state index in [1.807, 2.05) is 24.3 Å². The fraction of sp³-hybridized carbons (Fsp3) is 0.600. The molecule has 1 aliphatic heterocycles. The van der Waals surface area contributed by atoms with Crippen molar-refractivity contribution in [1.82, 2.24) is 5.32 Å². The van der Waals surface area contributed by atoms with Crippen molar-refractivity contribution in [3.05, 3.63) is 34.9 Å². The van der Waals surface area contributed by atoms with Gasteiger partial charge in [0.15, 0.2) is 9.84 Å². The first-order valence-corrected chi connectivity index (χ1v) is 9.37. The van der Waals surface area contributed by atoms with Crippen molar-refractivity contribution >= 4 is 21.4 Å². The normalized spacial score (nSPS) is 22.3. The first kappa shape index (κ1) is 16.7. The maximum Gasteiger partial charge on any atom is 0.150 e. The van der Waals surface area contributed by atoms with Crippen molar-refractivity contribution in [2.24, 2.45) is 5.92 Å². The lowest BCUT2D eigenvalue weighted by molar-refractivity contribution is 0.198. The van der Waals surface area contributed by atoms with Crippen LogP contribution in [-0.4, -0.2) is 46.7 Å². The predicted molar refractivity (Wildman–Crippen MR) is 85.7 cm³/mol. The minimum Gasteiger partial charge on any atom is -0.383 e. The molecule has 0 aromatic heterocycles. The molecule has 0 aliphatic carbocycles. The monoisotopic (exact) mass is 331 g/mol. The molecule has 1 fully saturated rings. The summed E-state index contributed by atoms with van der Waals surface area (Å²) in [5.74, 6) is 0.893. The third-order valence-corrected chi connectivity index (χ3v) is 5.99.